The molecule has 0 radical (unpaired) electrons. The number of nitrogens with zero attached hydrogens (tertiary/aromatic N) is 2. The van der Waals surface area contributed by atoms with Gasteiger partial charge in [0, 0.05) is 34.1 Å². The molecule has 2 nitrogen and oxygen atoms in total. The molecule has 0 unspecified atom stereocenters. The maximum Gasteiger partial charge on any atom is 0.0467 e. The third-order valence-corrected chi connectivity index (χ3v) is 6.90. The minimum Gasteiger partial charge on any atom is -0.311 e. The van der Waals surface area contributed by atoms with Gasteiger partial charge in [0.2, 0.25) is 0 Å². The summed E-state index contributed by atoms with van der Waals surface area (Å²) >= 11 is 0. The second-order valence-corrected chi connectivity index (χ2v) is 9.61. The Morgan fingerprint density at radius 1 is 0.308 bits per heavy atom. The van der Waals surface area contributed by atoms with Gasteiger partial charge >= 0.3 is 0 Å². The lowest BCUT2D eigenvalue weighted by Crippen LogP contribution is -2.12. The Hall–Kier alpha value is -5.08. The van der Waals surface area contributed by atoms with Crippen LogP contribution in [0, 0.1) is 6.92 Å². The topological polar surface area (TPSA) is 6.48 Å². The number of para-hydroxylation sites is 2. The highest BCUT2D eigenvalue weighted by atomic mass is 15.2. The molecule has 0 atom stereocenters. The molecule has 0 aromatic heterocycles. The molecule has 0 spiro atoms. The first-order valence-electron chi connectivity index (χ1n) is 13.3. The molecule has 0 N–H and O–H groups in total. The van der Waals surface area contributed by atoms with Gasteiger partial charge in [-0.15, -0.1) is 0 Å². The fourth-order valence-electron chi connectivity index (χ4n) is 4.95. The van der Waals surface area contributed by atoms with Crippen LogP contribution in [0.4, 0.5) is 34.1 Å². The summed E-state index contributed by atoms with van der Waals surface area (Å²) in [6, 6.07) is 57.9. The highest BCUT2D eigenvalue weighted by molar-refractivity contribution is 5.82. The first-order valence-corrected chi connectivity index (χ1v) is 13.3. The molecule has 6 rings (SSSR count). The zero-order chi connectivity index (χ0) is 26.4. The Labute approximate surface area is 231 Å². The van der Waals surface area contributed by atoms with E-state index in [0.717, 1.165) is 34.1 Å². The maximum absolute atomic E-state index is 2.32. The SMILES string of the molecule is Cc1ccc(N(c2ccc(N(c3ccccc3)c3ccccc3)cc2)c2cccc(-c3ccccc3)c2)cc1. The third kappa shape index (κ3) is 5.32. The number of anilines is 6. The molecule has 0 aliphatic rings. The van der Waals surface area contributed by atoms with Gasteiger partial charge < -0.3 is 9.80 Å². The van der Waals surface area contributed by atoms with E-state index in [4.69, 9.17) is 0 Å². The summed E-state index contributed by atoms with van der Waals surface area (Å²) < 4.78 is 0. The first-order chi connectivity index (χ1) is 19.3. The van der Waals surface area contributed by atoms with Crippen molar-refractivity contribution in [1.82, 2.24) is 0 Å². The molecule has 2 heteroatoms. The van der Waals surface area contributed by atoms with Crippen molar-refractivity contribution in [2.75, 3.05) is 9.80 Å². The monoisotopic (exact) mass is 502 g/mol. The molecule has 0 aliphatic carbocycles. The van der Waals surface area contributed by atoms with Gasteiger partial charge in [-0.25, -0.2) is 0 Å². The third-order valence-electron chi connectivity index (χ3n) is 6.90. The van der Waals surface area contributed by atoms with Gasteiger partial charge in [-0.3, -0.25) is 0 Å². The Bertz CT molecular complexity index is 1590. The van der Waals surface area contributed by atoms with Crippen LogP contribution in [0.1, 0.15) is 5.56 Å². The zero-order valence-electron chi connectivity index (χ0n) is 22.0. The standard InChI is InChI=1S/C37H30N2/c1-29-20-22-34(23-21-29)39(37-19-11-14-31(28-37)30-12-5-2-6-13-30)36-26-24-35(25-27-36)38(32-15-7-3-8-16-32)33-17-9-4-10-18-33/h2-28H,1H3. The largest absolute Gasteiger partial charge is 0.311 e. The number of rotatable bonds is 7. The predicted octanol–water partition coefficient (Wildman–Crippen LogP) is 10.6. The van der Waals surface area contributed by atoms with E-state index >= 15 is 0 Å². The van der Waals surface area contributed by atoms with Crippen molar-refractivity contribution in [1.29, 1.82) is 0 Å². The van der Waals surface area contributed by atoms with E-state index in [1.165, 1.54) is 16.7 Å². The van der Waals surface area contributed by atoms with Gasteiger partial charge in [-0.2, -0.15) is 0 Å². The van der Waals surface area contributed by atoms with Gasteiger partial charge in [-0.05, 0) is 90.8 Å². The van der Waals surface area contributed by atoms with Crippen molar-refractivity contribution in [3.8, 4) is 11.1 Å². The molecule has 0 amide bonds. The minimum atomic E-state index is 1.11. The zero-order valence-corrected chi connectivity index (χ0v) is 22.0. The fourth-order valence-corrected chi connectivity index (χ4v) is 4.95. The fraction of sp³-hybridized carbons (Fsp3) is 0.0270. The summed E-state index contributed by atoms with van der Waals surface area (Å²) in [5.41, 5.74) is 10.4. The summed E-state index contributed by atoms with van der Waals surface area (Å²) in [5, 5.41) is 0. The molecule has 188 valence electrons. The van der Waals surface area contributed by atoms with Crippen LogP contribution in [0.25, 0.3) is 11.1 Å². The van der Waals surface area contributed by atoms with Crippen LogP contribution in [0.2, 0.25) is 0 Å². The second-order valence-electron chi connectivity index (χ2n) is 9.61. The number of aryl methyl sites for hydroxylation is 1. The van der Waals surface area contributed by atoms with Crippen molar-refractivity contribution in [3.05, 3.63) is 169 Å². The quantitative estimate of drug-likeness (QED) is 0.214. The van der Waals surface area contributed by atoms with Gasteiger partial charge in [0.25, 0.3) is 0 Å². The van der Waals surface area contributed by atoms with E-state index in [-0.39, 0.29) is 0 Å². The number of benzene rings is 6. The molecule has 39 heavy (non-hydrogen) atoms. The average molecular weight is 503 g/mol. The van der Waals surface area contributed by atoms with Crippen LogP contribution >= 0.6 is 0 Å². The maximum atomic E-state index is 2.32. The van der Waals surface area contributed by atoms with E-state index in [1.54, 1.807) is 0 Å². The van der Waals surface area contributed by atoms with Crippen molar-refractivity contribution >= 4 is 34.1 Å². The molecular weight excluding hydrogens is 472 g/mol. The molecule has 0 fully saturated rings. The smallest absolute Gasteiger partial charge is 0.0467 e. The number of hydrogen-bond acceptors (Lipinski definition) is 2. The van der Waals surface area contributed by atoms with Crippen LogP contribution < -0.4 is 9.80 Å². The van der Waals surface area contributed by atoms with Crippen molar-refractivity contribution in [2.45, 2.75) is 6.92 Å². The predicted molar refractivity (Wildman–Crippen MR) is 166 cm³/mol. The highest BCUT2D eigenvalue weighted by Gasteiger charge is 2.16. The molecule has 0 saturated heterocycles. The lowest BCUT2D eigenvalue weighted by Gasteiger charge is -2.28. The van der Waals surface area contributed by atoms with Crippen molar-refractivity contribution < 1.29 is 0 Å². The van der Waals surface area contributed by atoms with Crippen LogP contribution in [0.3, 0.4) is 0 Å². The van der Waals surface area contributed by atoms with E-state index in [1.807, 2.05) is 0 Å². The Balaban J connectivity index is 1.43. The summed E-state index contributed by atoms with van der Waals surface area (Å²) in [6.45, 7) is 2.13. The molecule has 0 bridgehead atoms. The van der Waals surface area contributed by atoms with Gasteiger partial charge in [-0.1, -0.05) is 96.6 Å². The normalized spacial score (nSPS) is 10.7. The number of hydrogen-bond donors (Lipinski definition) is 0. The molecule has 6 aromatic rings. The van der Waals surface area contributed by atoms with E-state index in [9.17, 15) is 0 Å². The molecule has 0 heterocycles. The average Bonchev–Trinajstić information content (AvgIpc) is 3.01. The van der Waals surface area contributed by atoms with Crippen LogP contribution in [0.15, 0.2) is 164 Å². The van der Waals surface area contributed by atoms with Crippen LogP contribution in [-0.2, 0) is 0 Å². The lowest BCUT2D eigenvalue weighted by atomic mass is 10.0. The molecule has 0 saturated carbocycles. The van der Waals surface area contributed by atoms with Gasteiger partial charge in [0.15, 0.2) is 0 Å². The van der Waals surface area contributed by atoms with Gasteiger partial charge in [0.05, 0.1) is 0 Å². The van der Waals surface area contributed by atoms with E-state index in [2.05, 4.69) is 181 Å². The van der Waals surface area contributed by atoms with E-state index in [0.29, 0.717) is 0 Å². The van der Waals surface area contributed by atoms with Gasteiger partial charge in [0.1, 0.15) is 0 Å². The van der Waals surface area contributed by atoms with Crippen LogP contribution in [0.5, 0.6) is 0 Å². The summed E-state index contributed by atoms with van der Waals surface area (Å²) in [6.07, 6.45) is 0. The Kier molecular flexibility index (Phi) is 6.92. The Morgan fingerprint density at radius 3 is 1.18 bits per heavy atom. The summed E-state index contributed by atoms with van der Waals surface area (Å²) in [7, 11) is 0. The first kappa shape index (κ1) is 24.3. The van der Waals surface area contributed by atoms with Crippen molar-refractivity contribution in [3.63, 3.8) is 0 Å². The minimum absolute atomic E-state index is 1.11. The molecule has 6 aromatic carbocycles. The van der Waals surface area contributed by atoms with E-state index < -0.39 is 0 Å². The highest BCUT2D eigenvalue weighted by Crippen LogP contribution is 2.39. The second kappa shape index (κ2) is 11.1. The molecular formula is C37H30N2. The summed E-state index contributed by atoms with van der Waals surface area (Å²) in [5.74, 6) is 0. The lowest BCUT2D eigenvalue weighted by molar-refractivity contribution is 1.25. The Morgan fingerprint density at radius 2 is 0.667 bits per heavy atom. The molecule has 0 aliphatic heterocycles. The van der Waals surface area contributed by atoms with Crippen molar-refractivity contribution in [2.24, 2.45) is 0 Å². The summed E-state index contributed by atoms with van der Waals surface area (Å²) in [4.78, 5) is 4.61. The van der Waals surface area contributed by atoms with Crippen LogP contribution in [-0.4, -0.2) is 0 Å².